The van der Waals surface area contributed by atoms with Crippen LogP contribution in [0.25, 0.3) is 0 Å². The highest BCUT2D eigenvalue weighted by Gasteiger charge is 2.61. The second-order valence-electron chi connectivity index (χ2n) is 9.79. The molecule has 5 rings (SSSR count). The molecule has 0 fully saturated rings. The summed E-state index contributed by atoms with van der Waals surface area (Å²) in [6.45, 7) is 6.02. The number of ketones is 1. The number of aryl methyl sites for hydroxylation is 1. The van der Waals surface area contributed by atoms with Gasteiger partial charge in [-0.3, -0.25) is 14.5 Å². The number of halogens is 2. The van der Waals surface area contributed by atoms with Crippen molar-refractivity contribution in [3.05, 3.63) is 79.1 Å². The molecular weight excluding hydrogens is 560 g/mol. The van der Waals surface area contributed by atoms with Gasteiger partial charge < -0.3 is 11.1 Å². The molecule has 2 aromatic carbocycles. The van der Waals surface area contributed by atoms with Crippen LogP contribution in [-0.2, 0) is 15.0 Å². The summed E-state index contributed by atoms with van der Waals surface area (Å²) in [6.07, 6.45) is 0.803. The maximum Gasteiger partial charge on any atom is 0.245 e. The number of carbonyl (C=O) groups is 2. The minimum absolute atomic E-state index is 0.0657. The fraction of sp³-hybridized carbons (Fsp3) is 0.269. The Morgan fingerprint density at radius 3 is 2.44 bits per heavy atom. The quantitative estimate of drug-likeness (QED) is 0.459. The highest BCUT2D eigenvalue weighted by atomic mass is 79.9. The Labute approximate surface area is 214 Å². The maximum atomic E-state index is 13.9. The Kier molecular flexibility index (Phi) is 5.08. The molecule has 0 saturated carbocycles. The number of nitrogens with two attached hydrogens (primary N) is 1. The van der Waals surface area contributed by atoms with Crippen LogP contribution in [0.4, 0.5) is 11.4 Å². The number of rotatable bonds is 1. The fourth-order valence-electron chi connectivity index (χ4n) is 5.54. The second kappa shape index (κ2) is 7.56. The van der Waals surface area contributed by atoms with Gasteiger partial charge in [-0.2, -0.15) is 5.26 Å². The molecule has 0 bridgehead atoms. The van der Waals surface area contributed by atoms with E-state index in [1.165, 1.54) is 0 Å². The molecular formula is C26H22Br2N4O2. The number of amides is 1. The predicted octanol–water partition coefficient (Wildman–Crippen LogP) is 5.57. The minimum Gasteiger partial charge on any atom is -0.384 e. The van der Waals surface area contributed by atoms with Gasteiger partial charge in [0.05, 0.1) is 11.3 Å². The Bertz CT molecular complexity index is 1420. The van der Waals surface area contributed by atoms with E-state index in [2.05, 4.69) is 43.2 Å². The summed E-state index contributed by atoms with van der Waals surface area (Å²) in [7, 11) is 0. The zero-order valence-electron chi connectivity index (χ0n) is 18.9. The second-order valence-corrected chi connectivity index (χ2v) is 11.6. The van der Waals surface area contributed by atoms with E-state index in [4.69, 9.17) is 5.73 Å². The van der Waals surface area contributed by atoms with Gasteiger partial charge in [-0.1, -0.05) is 45.7 Å². The van der Waals surface area contributed by atoms with Gasteiger partial charge in [0.25, 0.3) is 0 Å². The molecule has 8 heteroatoms. The van der Waals surface area contributed by atoms with E-state index in [1.54, 1.807) is 12.1 Å². The van der Waals surface area contributed by atoms with Gasteiger partial charge in [-0.25, -0.2) is 0 Å². The van der Waals surface area contributed by atoms with Gasteiger partial charge in [-0.05, 0) is 60.7 Å². The zero-order valence-corrected chi connectivity index (χ0v) is 22.1. The van der Waals surface area contributed by atoms with E-state index in [1.807, 2.05) is 49.9 Å². The van der Waals surface area contributed by atoms with Crippen LogP contribution in [-0.4, -0.2) is 11.7 Å². The standard InChI is InChI=1S/C26H22Br2N4O2/c1-13-8-14(27)5-7-19(13)32-20-10-25(2,3)11-21(33)22(20)26(17(12-29)23(32)30)16-9-15(28)4-6-18(16)31-24(26)34/h4-9H,10-11,30H2,1-3H3,(H,31,34). The number of benzene rings is 2. The van der Waals surface area contributed by atoms with E-state index in [9.17, 15) is 14.9 Å². The smallest absolute Gasteiger partial charge is 0.245 e. The summed E-state index contributed by atoms with van der Waals surface area (Å²) >= 11 is 6.99. The molecule has 1 spiro atoms. The van der Waals surface area contributed by atoms with Crippen LogP contribution < -0.4 is 16.0 Å². The van der Waals surface area contributed by atoms with Crippen molar-refractivity contribution < 1.29 is 9.59 Å². The third kappa shape index (κ3) is 3.03. The number of fused-ring (bicyclic) bond motifs is 3. The van der Waals surface area contributed by atoms with Crippen molar-refractivity contribution in [2.24, 2.45) is 11.1 Å². The molecule has 2 aromatic rings. The first-order chi connectivity index (χ1) is 16.0. The van der Waals surface area contributed by atoms with Gasteiger partial charge in [-0.15, -0.1) is 0 Å². The highest BCUT2D eigenvalue weighted by molar-refractivity contribution is 9.10. The van der Waals surface area contributed by atoms with Crippen LogP contribution in [0.15, 0.2) is 68.0 Å². The predicted molar refractivity (Wildman–Crippen MR) is 138 cm³/mol. The number of allylic oxidation sites excluding steroid dienone is 1. The van der Waals surface area contributed by atoms with Gasteiger partial charge in [0.1, 0.15) is 17.3 Å². The lowest BCUT2D eigenvalue weighted by atomic mass is 9.60. The molecule has 3 N–H and O–H groups in total. The van der Waals surface area contributed by atoms with Gasteiger partial charge in [0, 0.05) is 37.9 Å². The van der Waals surface area contributed by atoms with Crippen LogP contribution >= 0.6 is 31.9 Å². The van der Waals surface area contributed by atoms with E-state index < -0.39 is 11.3 Å². The maximum absolute atomic E-state index is 13.9. The van der Waals surface area contributed by atoms with E-state index in [-0.39, 0.29) is 29.0 Å². The first-order valence-corrected chi connectivity index (χ1v) is 12.4. The number of hydrogen-bond donors (Lipinski definition) is 2. The van der Waals surface area contributed by atoms with E-state index >= 15 is 0 Å². The van der Waals surface area contributed by atoms with Gasteiger partial charge >= 0.3 is 0 Å². The molecule has 1 aliphatic carbocycles. The zero-order chi connectivity index (χ0) is 24.6. The fourth-order valence-corrected chi connectivity index (χ4v) is 6.37. The number of anilines is 2. The monoisotopic (exact) mass is 580 g/mol. The average molecular weight is 582 g/mol. The summed E-state index contributed by atoms with van der Waals surface area (Å²) in [4.78, 5) is 29.5. The summed E-state index contributed by atoms with van der Waals surface area (Å²) < 4.78 is 1.66. The summed E-state index contributed by atoms with van der Waals surface area (Å²) in [6, 6.07) is 13.4. The van der Waals surface area contributed by atoms with Crippen LogP contribution in [0, 0.1) is 23.7 Å². The van der Waals surface area contributed by atoms with Crippen molar-refractivity contribution in [2.75, 3.05) is 10.2 Å². The van der Waals surface area contributed by atoms with Crippen molar-refractivity contribution in [3.8, 4) is 6.07 Å². The summed E-state index contributed by atoms with van der Waals surface area (Å²) in [5.41, 5.74) is 8.76. The molecule has 34 heavy (non-hydrogen) atoms. The van der Waals surface area contributed by atoms with Crippen LogP contribution in [0.2, 0.25) is 0 Å². The molecule has 1 atom stereocenters. The third-order valence-corrected chi connectivity index (χ3v) is 7.84. The van der Waals surface area contributed by atoms with Crippen LogP contribution in [0.5, 0.6) is 0 Å². The molecule has 0 aromatic heterocycles. The van der Waals surface area contributed by atoms with E-state index in [0.29, 0.717) is 28.9 Å². The topological polar surface area (TPSA) is 99.2 Å². The molecule has 172 valence electrons. The van der Waals surface area contributed by atoms with Gasteiger partial charge in [0.15, 0.2) is 5.78 Å². The summed E-state index contributed by atoms with van der Waals surface area (Å²) in [5.74, 6) is -0.401. The Morgan fingerprint density at radius 2 is 1.76 bits per heavy atom. The lowest BCUT2D eigenvalue weighted by Crippen LogP contribution is -2.52. The number of nitrogens with zero attached hydrogens (tertiary/aromatic N) is 2. The minimum atomic E-state index is -1.58. The molecule has 1 unspecified atom stereocenters. The first kappa shape index (κ1) is 22.9. The highest BCUT2D eigenvalue weighted by Crippen LogP contribution is 2.57. The number of hydrogen-bond acceptors (Lipinski definition) is 5. The number of nitrogens with one attached hydrogen (secondary N) is 1. The van der Waals surface area contributed by atoms with Crippen LogP contribution in [0.3, 0.4) is 0 Å². The lowest BCUT2D eigenvalue weighted by Gasteiger charge is -2.47. The van der Waals surface area contributed by atoms with E-state index in [0.717, 1.165) is 20.2 Å². The molecule has 0 radical (unpaired) electrons. The van der Waals surface area contributed by atoms with Crippen molar-refractivity contribution in [1.82, 2.24) is 0 Å². The average Bonchev–Trinajstić information content (AvgIpc) is 3.00. The normalized spacial score (nSPS) is 23.1. The SMILES string of the molecule is Cc1cc(Br)ccc1N1C(N)=C(C#N)C2(C(=O)Nc3ccc(Br)cc32)C2=C1CC(C)(C)CC2=O. The molecule has 0 saturated heterocycles. The molecule has 6 nitrogen and oxygen atoms in total. The first-order valence-electron chi connectivity index (χ1n) is 10.9. The molecule has 3 aliphatic rings. The van der Waals surface area contributed by atoms with Crippen LogP contribution in [0.1, 0.15) is 37.8 Å². The molecule has 1 amide bonds. The molecule has 2 aliphatic heterocycles. The largest absolute Gasteiger partial charge is 0.384 e. The van der Waals surface area contributed by atoms with Crippen molar-refractivity contribution in [1.29, 1.82) is 5.26 Å². The lowest BCUT2D eigenvalue weighted by molar-refractivity contribution is -0.123. The van der Waals surface area contributed by atoms with Crippen molar-refractivity contribution >= 4 is 54.9 Å². The summed E-state index contributed by atoms with van der Waals surface area (Å²) in [5, 5.41) is 13.3. The Morgan fingerprint density at radius 1 is 1.09 bits per heavy atom. The number of carbonyl (C=O) groups excluding carboxylic acids is 2. The third-order valence-electron chi connectivity index (χ3n) is 6.86. The van der Waals surface area contributed by atoms with Crippen molar-refractivity contribution in [3.63, 3.8) is 0 Å². The molecule has 2 heterocycles. The Balaban J connectivity index is 1.92. The van der Waals surface area contributed by atoms with Gasteiger partial charge in [0.2, 0.25) is 5.91 Å². The number of nitriles is 1. The Hall–Kier alpha value is -2.89. The number of Topliss-reactive ketones (excluding diaryl/α,β-unsaturated/α-hetero) is 1. The van der Waals surface area contributed by atoms with Crippen molar-refractivity contribution in [2.45, 2.75) is 39.0 Å².